The molecule has 0 rings (SSSR count). The monoisotopic (exact) mass is 182 g/mol. The van der Waals surface area contributed by atoms with Gasteiger partial charge in [-0.15, -0.1) is 0 Å². The summed E-state index contributed by atoms with van der Waals surface area (Å²) in [4.78, 5) is 8.56. The number of hydrogen-bond donors (Lipinski definition) is 4. The molecule has 0 saturated heterocycles. The second-order valence-corrected chi connectivity index (χ2v) is 0.283. The molecular weight excluding hydrogens is 177 g/mol. The van der Waals surface area contributed by atoms with Crippen LogP contribution in [0.2, 0.25) is 0 Å². The van der Waals surface area contributed by atoms with Gasteiger partial charge in [0.15, 0.2) is 0 Å². The Labute approximate surface area is 88.3 Å². The zero-order valence-electron chi connectivity index (χ0n) is 2.70. The van der Waals surface area contributed by atoms with Crippen LogP contribution < -0.4 is 0 Å². The molecule has 0 spiro atoms. The van der Waals surface area contributed by atoms with Gasteiger partial charge in [0.25, 0.3) is 0 Å². The molecule has 0 saturated carbocycles. The number of carbonyl (C=O) groups is 1. The van der Waals surface area contributed by atoms with Crippen LogP contribution in [0.1, 0.15) is 0 Å². The summed E-state index contributed by atoms with van der Waals surface area (Å²) in [7, 11) is 0. The van der Waals surface area contributed by atoms with Gasteiger partial charge in [-0.25, -0.2) is 4.79 Å². The average molecular weight is 183 g/mol. The molecule has 0 unspecified atom stereocenters. The van der Waals surface area contributed by atoms with Crippen LogP contribution >= 0.6 is 0 Å². The third kappa shape index (κ3) is 176. The predicted molar refractivity (Wildman–Crippen MR) is 23.1 cm³/mol. The normalized spacial score (nSPS) is 4.29. The van der Waals surface area contributed by atoms with Crippen molar-refractivity contribution in [2.75, 3.05) is 0 Å². The van der Waals surface area contributed by atoms with E-state index >= 15 is 0 Å². The summed E-state index contributed by atoms with van der Waals surface area (Å²) in [6.07, 6.45) is -1.83. The quantitative estimate of drug-likeness (QED) is 0.302. The molecule has 0 aromatic rings. The van der Waals surface area contributed by atoms with Gasteiger partial charge in [-0.1, -0.05) is 0 Å². The minimum atomic E-state index is -1.83. The van der Waals surface area contributed by atoms with Crippen molar-refractivity contribution in [3.63, 3.8) is 0 Å². The molecular formula is CH5O5Rb. The van der Waals surface area contributed by atoms with Crippen LogP contribution in [0, 0.1) is 0 Å². The molecule has 0 aromatic carbocycles. The first kappa shape index (κ1) is 15.7. The van der Waals surface area contributed by atoms with E-state index in [0.717, 1.165) is 0 Å². The van der Waals surface area contributed by atoms with Crippen molar-refractivity contribution in [1.82, 2.24) is 0 Å². The van der Waals surface area contributed by atoms with Crippen molar-refractivity contribution >= 4 is 64.3 Å². The van der Waals surface area contributed by atoms with E-state index in [1.807, 2.05) is 0 Å². The minimum absolute atomic E-state index is 0. The van der Waals surface area contributed by atoms with E-state index in [-0.39, 0.29) is 58.2 Å². The van der Waals surface area contributed by atoms with Gasteiger partial charge in [0.2, 0.25) is 0 Å². The Kier molecular flexibility index (Phi) is 35.3. The topological polar surface area (TPSA) is 98.0 Å². The summed E-state index contributed by atoms with van der Waals surface area (Å²) in [5, 5.41) is 25.9. The molecule has 0 aromatic heterocycles. The zero-order valence-corrected chi connectivity index (χ0v) is 2.70. The summed E-state index contributed by atoms with van der Waals surface area (Å²) >= 11 is 0. The Hall–Kier alpha value is 0.995. The molecule has 0 amide bonds. The summed E-state index contributed by atoms with van der Waals surface area (Å²) in [6, 6.07) is 0. The maximum atomic E-state index is 8.56. The van der Waals surface area contributed by atoms with Crippen LogP contribution in [0.15, 0.2) is 0 Å². The van der Waals surface area contributed by atoms with E-state index in [2.05, 4.69) is 0 Å². The Morgan fingerprint density at radius 2 is 1.14 bits per heavy atom. The summed E-state index contributed by atoms with van der Waals surface area (Å²) in [6.45, 7) is 0. The van der Waals surface area contributed by atoms with E-state index in [9.17, 15) is 0 Å². The fraction of sp³-hybridized carbons (Fsp3) is 0. The van der Waals surface area contributed by atoms with Crippen molar-refractivity contribution in [1.29, 1.82) is 0 Å². The van der Waals surface area contributed by atoms with E-state index < -0.39 is 6.16 Å². The average Bonchev–Trinajstić information content (AvgIpc) is 1.41. The Balaban J connectivity index is -0.0000000480. The third-order valence-corrected chi connectivity index (χ3v) is 0. The zero-order chi connectivity index (χ0) is 5.58. The van der Waals surface area contributed by atoms with Gasteiger partial charge < -0.3 is 10.2 Å². The van der Waals surface area contributed by atoms with Crippen LogP contribution in [0.3, 0.4) is 0 Å². The Bertz CT molecular complexity index is 31.1. The molecule has 0 heterocycles. The van der Waals surface area contributed by atoms with Crippen LogP contribution in [0.5, 0.6) is 0 Å². The molecule has 0 bridgehead atoms. The molecule has 0 atom stereocenters. The molecule has 5 nitrogen and oxygen atoms in total. The van der Waals surface area contributed by atoms with Crippen molar-refractivity contribution < 1.29 is 25.5 Å². The fourth-order valence-corrected chi connectivity index (χ4v) is 0. The number of rotatable bonds is 0. The van der Waals surface area contributed by atoms with E-state index in [1.54, 1.807) is 0 Å². The first-order chi connectivity index (χ1) is 2.73. The Morgan fingerprint density at radius 1 is 1.14 bits per heavy atom. The predicted octanol–water partition coefficient (Wildman–Crippen LogP) is -0.409. The van der Waals surface area contributed by atoms with Crippen molar-refractivity contribution in [3.05, 3.63) is 0 Å². The standard InChI is InChI=1S/CH2O3.H2O2.Rb.H/c2-1(3)4;1-2;;/h(H2,2,3,4);1-2H;;. The van der Waals surface area contributed by atoms with Gasteiger partial charge in [0, 0.05) is 0 Å². The Morgan fingerprint density at radius 3 is 1.14 bits per heavy atom. The molecule has 7 heavy (non-hydrogen) atoms. The van der Waals surface area contributed by atoms with Gasteiger partial charge >= 0.3 is 64.3 Å². The molecule has 0 radical (unpaired) electrons. The second-order valence-electron chi connectivity index (χ2n) is 0.283. The molecule has 0 fully saturated rings. The van der Waals surface area contributed by atoms with Crippen LogP contribution in [-0.4, -0.2) is 85.1 Å². The van der Waals surface area contributed by atoms with Gasteiger partial charge in [0.1, 0.15) is 0 Å². The molecule has 40 valence electrons. The molecule has 0 aliphatic carbocycles. The van der Waals surface area contributed by atoms with Crippen LogP contribution in [0.25, 0.3) is 0 Å². The SMILES string of the molecule is O=C(O)O.OO.[RbH]. The van der Waals surface area contributed by atoms with E-state index in [0.29, 0.717) is 0 Å². The first-order valence-corrected chi connectivity index (χ1v) is 0.851. The summed E-state index contributed by atoms with van der Waals surface area (Å²) in [5.74, 6) is 0. The van der Waals surface area contributed by atoms with Crippen LogP contribution in [-0.2, 0) is 0 Å². The molecule has 0 aliphatic heterocycles. The van der Waals surface area contributed by atoms with E-state index in [1.165, 1.54) is 0 Å². The second kappa shape index (κ2) is 15.8. The van der Waals surface area contributed by atoms with Gasteiger partial charge in [-0.2, -0.15) is 0 Å². The summed E-state index contributed by atoms with van der Waals surface area (Å²) in [5.41, 5.74) is 0. The fourth-order valence-electron chi connectivity index (χ4n) is 0. The third-order valence-electron chi connectivity index (χ3n) is 0. The molecule has 0 aliphatic rings. The van der Waals surface area contributed by atoms with Gasteiger partial charge in [-0.05, 0) is 0 Å². The maximum absolute atomic E-state index is 8.56. The first-order valence-electron chi connectivity index (χ1n) is 0.851. The van der Waals surface area contributed by atoms with Crippen molar-refractivity contribution in [2.45, 2.75) is 0 Å². The number of carboxylic acid groups (broad SMARTS) is 2. The van der Waals surface area contributed by atoms with Gasteiger partial charge in [0.05, 0.1) is 0 Å². The van der Waals surface area contributed by atoms with Crippen molar-refractivity contribution in [3.8, 4) is 0 Å². The molecule has 4 N–H and O–H groups in total. The van der Waals surface area contributed by atoms with Crippen LogP contribution in [0.4, 0.5) is 4.79 Å². The van der Waals surface area contributed by atoms with Gasteiger partial charge in [-0.3, -0.25) is 10.5 Å². The van der Waals surface area contributed by atoms with Crippen molar-refractivity contribution in [2.24, 2.45) is 0 Å². The summed E-state index contributed by atoms with van der Waals surface area (Å²) < 4.78 is 0. The van der Waals surface area contributed by atoms with E-state index in [4.69, 9.17) is 25.5 Å². The number of hydrogen-bond acceptors (Lipinski definition) is 3. The molecule has 6 heteroatoms.